The lowest BCUT2D eigenvalue weighted by molar-refractivity contribution is 0.0940. The summed E-state index contributed by atoms with van der Waals surface area (Å²) in [5.41, 5.74) is 8.26. The molecule has 0 aliphatic heterocycles. The number of hydrogen-bond donors (Lipinski definition) is 2. The van der Waals surface area contributed by atoms with Crippen molar-refractivity contribution in [1.29, 1.82) is 0 Å². The fraction of sp³-hybridized carbons (Fsp3) is 0.188. The van der Waals surface area contributed by atoms with E-state index in [0.717, 1.165) is 17.2 Å². The molecule has 1 atom stereocenters. The predicted molar refractivity (Wildman–Crippen MR) is 77.9 cm³/mol. The number of carbonyl (C=O) groups is 1. The summed E-state index contributed by atoms with van der Waals surface area (Å²) in [6.07, 6.45) is 0. The van der Waals surface area contributed by atoms with E-state index < -0.39 is 5.82 Å². The van der Waals surface area contributed by atoms with E-state index in [2.05, 4.69) is 5.32 Å². The average molecular weight is 272 g/mol. The quantitative estimate of drug-likeness (QED) is 0.843. The number of aryl methyl sites for hydroxylation is 1. The zero-order chi connectivity index (χ0) is 14.7. The summed E-state index contributed by atoms with van der Waals surface area (Å²) in [4.78, 5) is 12.1. The Labute approximate surface area is 117 Å². The van der Waals surface area contributed by atoms with Crippen LogP contribution in [-0.2, 0) is 0 Å². The topological polar surface area (TPSA) is 55.1 Å². The minimum atomic E-state index is -0.479. The minimum absolute atomic E-state index is 0.156. The van der Waals surface area contributed by atoms with Gasteiger partial charge in [-0.25, -0.2) is 4.39 Å². The maximum Gasteiger partial charge on any atom is 0.253 e. The molecular weight excluding hydrogens is 255 g/mol. The van der Waals surface area contributed by atoms with Gasteiger partial charge in [0.1, 0.15) is 5.82 Å². The molecule has 2 aromatic carbocycles. The third-order valence-corrected chi connectivity index (χ3v) is 3.18. The van der Waals surface area contributed by atoms with Crippen LogP contribution in [0.4, 0.5) is 10.1 Å². The first-order valence-corrected chi connectivity index (χ1v) is 6.40. The number of hydrogen-bond acceptors (Lipinski definition) is 2. The number of benzene rings is 2. The van der Waals surface area contributed by atoms with Crippen molar-refractivity contribution < 1.29 is 9.18 Å². The van der Waals surface area contributed by atoms with Crippen LogP contribution in [-0.4, -0.2) is 5.91 Å². The minimum Gasteiger partial charge on any atom is -0.398 e. The summed E-state index contributed by atoms with van der Waals surface area (Å²) in [7, 11) is 0. The van der Waals surface area contributed by atoms with Gasteiger partial charge < -0.3 is 11.1 Å². The Hall–Kier alpha value is -2.36. The molecule has 0 aliphatic carbocycles. The van der Waals surface area contributed by atoms with Crippen LogP contribution in [0.15, 0.2) is 42.5 Å². The summed E-state index contributed by atoms with van der Waals surface area (Å²) in [6.45, 7) is 3.87. The summed E-state index contributed by atoms with van der Waals surface area (Å²) < 4.78 is 13.2. The predicted octanol–water partition coefficient (Wildman–Crippen LogP) is 3.21. The highest BCUT2D eigenvalue weighted by molar-refractivity contribution is 5.99. The van der Waals surface area contributed by atoms with Crippen LogP contribution in [0.25, 0.3) is 0 Å². The van der Waals surface area contributed by atoms with E-state index in [-0.39, 0.29) is 23.2 Å². The fourth-order valence-corrected chi connectivity index (χ4v) is 1.94. The summed E-state index contributed by atoms with van der Waals surface area (Å²) in [5, 5.41) is 2.81. The van der Waals surface area contributed by atoms with Gasteiger partial charge in [-0.05, 0) is 37.6 Å². The summed E-state index contributed by atoms with van der Waals surface area (Å²) in [5.74, 6) is -0.859. The first-order chi connectivity index (χ1) is 9.47. The average Bonchev–Trinajstić information content (AvgIpc) is 2.42. The Kier molecular flexibility index (Phi) is 4.03. The molecule has 0 saturated carbocycles. The van der Waals surface area contributed by atoms with Crippen LogP contribution in [0, 0.1) is 12.7 Å². The monoisotopic (exact) mass is 272 g/mol. The number of halogens is 1. The molecule has 0 fully saturated rings. The molecule has 0 aromatic heterocycles. The van der Waals surface area contributed by atoms with Crippen molar-refractivity contribution in [3.8, 4) is 0 Å². The number of carbonyl (C=O) groups excluding carboxylic acids is 1. The summed E-state index contributed by atoms with van der Waals surface area (Å²) >= 11 is 0. The molecule has 2 aromatic rings. The Morgan fingerprint density at radius 3 is 2.50 bits per heavy atom. The van der Waals surface area contributed by atoms with Gasteiger partial charge in [0.05, 0.1) is 11.6 Å². The third kappa shape index (κ3) is 3.15. The largest absolute Gasteiger partial charge is 0.398 e. The van der Waals surface area contributed by atoms with E-state index >= 15 is 0 Å². The molecule has 0 aliphatic rings. The van der Waals surface area contributed by atoms with Gasteiger partial charge in [0, 0.05) is 5.69 Å². The lowest BCUT2D eigenvalue weighted by Crippen LogP contribution is -2.27. The number of nitrogens with one attached hydrogen (secondary N) is 1. The lowest BCUT2D eigenvalue weighted by atomic mass is 10.1. The van der Waals surface area contributed by atoms with E-state index in [0.29, 0.717) is 0 Å². The Morgan fingerprint density at radius 1 is 1.20 bits per heavy atom. The molecule has 1 amide bonds. The van der Waals surface area contributed by atoms with Gasteiger partial charge in [-0.2, -0.15) is 0 Å². The van der Waals surface area contributed by atoms with E-state index in [9.17, 15) is 9.18 Å². The van der Waals surface area contributed by atoms with Gasteiger partial charge in [0.15, 0.2) is 0 Å². The van der Waals surface area contributed by atoms with Gasteiger partial charge in [-0.15, -0.1) is 0 Å². The highest BCUT2D eigenvalue weighted by atomic mass is 19.1. The molecule has 0 heterocycles. The molecular formula is C16H17FN2O. The molecule has 0 radical (unpaired) electrons. The molecule has 20 heavy (non-hydrogen) atoms. The van der Waals surface area contributed by atoms with Crippen molar-refractivity contribution in [2.24, 2.45) is 0 Å². The second-order valence-electron chi connectivity index (χ2n) is 4.84. The van der Waals surface area contributed by atoms with Crippen LogP contribution < -0.4 is 11.1 Å². The maximum absolute atomic E-state index is 13.2. The van der Waals surface area contributed by atoms with Crippen LogP contribution in [0.2, 0.25) is 0 Å². The lowest BCUT2D eigenvalue weighted by Gasteiger charge is -2.15. The molecule has 104 valence electrons. The van der Waals surface area contributed by atoms with Crippen molar-refractivity contribution in [1.82, 2.24) is 5.32 Å². The fourth-order valence-electron chi connectivity index (χ4n) is 1.94. The number of rotatable bonds is 3. The van der Waals surface area contributed by atoms with Crippen molar-refractivity contribution in [3.05, 3.63) is 65.0 Å². The number of anilines is 1. The molecule has 2 rings (SSSR count). The SMILES string of the molecule is Cc1ccc(C(C)NC(=O)c2cc(F)ccc2N)cc1. The van der Waals surface area contributed by atoms with Crippen LogP contribution in [0.3, 0.4) is 0 Å². The maximum atomic E-state index is 13.2. The first-order valence-electron chi connectivity index (χ1n) is 6.40. The molecule has 3 N–H and O–H groups in total. The molecule has 1 unspecified atom stereocenters. The summed E-state index contributed by atoms with van der Waals surface area (Å²) in [6, 6.07) is 11.5. The Balaban J connectivity index is 2.15. The molecule has 3 nitrogen and oxygen atoms in total. The van der Waals surface area contributed by atoms with Gasteiger partial charge in [0.25, 0.3) is 5.91 Å². The second kappa shape index (κ2) is 5.74. The standard InChI is InChI=1S/C16H17FN2O/c1-10-3-5-12(6-4-10)11(2)19-16(20)14-9-13(17)7-8-15(14)18/h3-9,11H,18H2,1-2H3,(H,19,20). The van der Waals surface area contributed by atoms with E-state index in [1.54, 1.807) is 0 Å². The van der Waals surface area contributed by atoms with Crippen LogP contribution in [0.5, 0.6) is 0 Å². The number of nitrogens with two attached hydrogens (primary N) is 1. The number of nitrogen functional groups attached to an aromatic ring is 1. The molecule has 0 saturated heterocycles. The number of amides is 1. The normalized spacial score (nSPS) is 11.9. The van der Waals surface area contributed by atoms with Gasteiger partial charge in [-0.3, -0.25) is 4.79 Å². The van der Waals surface area contributed by atoms with Crippen molar-refractivity contribution in [2.75, 3.05) is 5.73 Å². The van der Waals surface area contributed by atoms with Crippen molar-refractivity contribution in [2.45, 2.75) is 19.9 Å². The van der Waals surface area contributed by atoms with E-state index in [1.165, 1.54) is 12.1 Å². The van der Waals surface area contributed by atoms with Crippen molar-refractivity contribution >= 4 is 11.6 Å². The van der Waals surface area contributed by atoms with E-state index in [4.69, 9.17) is 5.73 Å². The highest BCUT2D eigenvalue weighted by Gasteiger charge is 2.14. The van der Waals surface area contributed by atoms with Crippen LogP contribution in [0.1, 0.15) is 34.5 Å². The second-order valence-corrected chi connectivity index (χ2v) is 4.84. The molecule has 4 heteroatoms. The van der Waals surface area contributed by atoms with Gasteiger partial charge >= 0.3 is 0 Å². The molecule has 0 spiro atoms. The van der Waals surface area contributed by atoms with Crippen LogP contribution >= 0.6 is 0 Å². The third-order valence-electron chi connectivity index (χ3n) is 3.18. The Morgan fingerprint density at radius 2 is 1.85 bits per heavy atom. The Bertz CT molecular complexity index is 623. The highest BCUT2D eigenvalue weighted by Crippen LogP contribution is 2.17. The zero-order valence-corrected chi connectivity index (χ0v) is 11.5. The van der Waals surface area contributed by atoms with E-state index in [1.807, 2.05) is 38.1 Å². The van der Waals surface area contributed by atoms with Gasteiger partial charge in [-0.1, -0.05) is 29.8 Å². The molecule has 0 bridgehead atoms. The van der Waals surface area contributed by atoms with Gasteiger partial charge in [0.2, 0.25) is 0 Å². The smallest absolute Gasteiger partial charge is 0.253 e. The first kappa shape index (κ1) is 14.1. The van der Waals surface area contributed by atoms with Crippen molar-refractivity contribution in [3.63, 3.8) is 0 Å². The zero-order valence-electron chi connectivity index (χ0n) is 11.5.